The quantitative estimate of drug-likeness (QED) is 0.0833. The highest BCUT2D eigenvalue weighted by atomic mass is 32.1. The monoisotopic (exact) mass is 585 g/mol. The van der Waals surface area contributed by atoms with Crippen LogP contribution in [0.25, 0.3) is 0 Å². The largest absolute Gasteiger partial charge is 0.416 e. The molecule has 0 radical (unpaired) electrons. The van der Waals surface area contributed by atoms with Crippen molar-refractivity contribution in [2.75, 3.05) is 10.6 Å². The van der Waals surface area contributed by atoms with Crippen molar-refractivity contribution < 1.29 is 31.5 Å². The van der Waals surface area contributed by atoms with Gasteiger partial charge in [0.15, 0.2) is 10.3 Å². The Bertz CT molecular complexity index is 1320. The van der Waals surface area contributed by atoms with Crippen molar-refractivity contribution in [2.24, 2.45) is 5.16 Å². The molecule has 0 aliphatic rings. The van der Waals surface area contributed by atoms with Gasteiger partial charge >= 0.3 is 12.4 Å². The van der Waals surface area contributed by atoms with Crippen molar-refractivity contribution in [3.8, 4) is 0 Å². The van der Waals surface area contributed by atoms with Crippen LogP contribution in [0.3, 0.4) is 0 Å². The molecule has 0 aliphatic carbocycles. The number of benzene rings is 2. The first-order chi connectivity index (χ1) is 18.3. The van der Waals surface area contributed by atoms with Crippen LogP contribution in [-0.4, -0.2) is 20.9 Å². The Hall–Kier alpha value is -3.65. The fourth-order valence-electron chi connectivity index (χ4n) is 3.66. The summed E-state index contributed by atoms with van der Waals surface area (Å²) in [5, 5.41) is 20.2. The smallest absolute Gasteiger partial charge is 0.411 e. The van der Waals surface area contributed by atoms with Crippen LogP contribution in [0.4, 0.5) is 48.0 Å². The van der Waals surface area contributed by atoms with Gasteiger partial charge in [0.1, 0.15) is 0 Å². The fourth-order valence-corrected chi connectivity index (χ4v) is 5.46. The van der Waals surface area contributed by atoms with Crippen LogP contribution in [0.2, 0.25) is 0 Å². The van der Waals surface area contributed by atoms with Crippen molar-refractivity contribution in [2.45, 2.75) is 38.0 Å². The van der Waals surface area contributed by atoms with E-state index in [0.29, 0.717) is 27.3 Å². The Morgan fingerprint density at radius 1 is 0.718 bits per heavy atom. The second-order valence-electron chi connectivity index (χ2n) is 8.50. The third-order valence-electron chi connectivity index (χ3n) is 5.83. The Balaban J connectivity index is 1.41. The van der Waals surface area contributed by atoms with Gasteiger partial charge in [0, 0.05) is 45.4 Å². The molecule has 6 nitrogen and oxygen atoms in total. The number of rotatable bonds is 8. The topological polar surface area (TPSA) is 82.4 Å². The molecule has 2 heterocycles. The minimum atomic E-state index is -4.42. The van der Waals surface area contributed by atoms with Gasteiger partial charge in [-0.1, -0.05) is 19.0 Å². The van der Waals surface area contributed by atoms with Gasteiger partial charge in [0.2, 0.25) is 0 Å². The van der Waals surface area contributed by atoms with E-state index in [1.54, 1.807) is 12.4 Å². The number of halogens is 6. The first-order valence-electron chi connectivity index (χ1n) is 11.4. The van der Waals surface area contributed by atoms with Crippen LogP contribution in [0, 0.1) is 0 Å². The second kappa shape index (κ2) is 11.2. The lowest BCUT2D eigenvalue weighted by atomic mass is 9.93. The molecule has 2 atom stereocenters. The lowest BCUT2D eigenvalue weighted by molar-refractivity contribution is -0.138. The number of thiazole rings is 2. The van der Waals surface area contributed by atoms with Gasteiger partial charge in [0.25, 0.3) is 0 Å². The van der Waals surface area contributed by atoms with E-state index in [9.17, 15) is 31.5 Å². The van der Waals surface area contributed by atoms with Gasteiger partial charge in [-0.15, -0.1) is 22.7 Å². The van der Waals surface area contributed by atoms with E-state index in [1.807, 2.05) is 13.8 Å². The van der Waals surface area contributed by atoms with Crippen molar-refractivity contribution in [3.63, 3.8) is 0 Å². The summed E-state index contributed by atoms with van der Waals surface area (Å²) in [5.41, 5.74) is -0.179. The highest BCUT2D eigenvalue weighted by Gasteiger charge is 2.31. The SMILES string of the molecule is CC(C(=NO)C(C)c1cnc(Nc2ccc(C(F)(F)F)cc2)s1)c1cnc(Nc2ccc(C(F)(F)F)cc2)s1. The minimum Gasteiger partial charge on any atom is -0.411 e. The normalized spacial score (nSPS) is 13.5. The summed E-state index contributed by atoms with van der Waals surface area (Å²) in [6, 6.07) is 9.18. The molecule has 206 valence electrons. The molecule has 14 heteroatoms. The number of nitrogens with zero attached hydrogens (tertiary/aromatic N) is 3. The standard InChI is InChI=1S/C25H21F6N5OS2/c1-13(19-11-32-22(38-19)34-17-7-3-15(4-8-17)24(26,27)28)21(36-37)14(2)20-12-33-23(39-20)35-18-9-5-16(6-10-18)25(29,30)31/h3-14,37H,1-2H3,(H,32,34)(H,33,35). The summed E-state index contributed by atoms with van der Waals surface area (Å²) in [4.78, 5) is 10.1. The molecule has 0 amide bonds. The van der Waals surface area contributed by atoms with E-state index >= 15 is 0 Å². The molecule has 0 spiro atoms. The van der Waals surface area contributed by atoms with Gasteiger partial charge in [-0.3, -0.25) is 0 Å². The van der Waals surface area contributed by atoms with Crippen LogP contribution in [0.1, 0.15) is 46.6 Å². The molecule has 0 fully saturated rings. The third kappa shape index (κ3) is 6.87. The molecular formula is C25H21F6N5OS2. The average Bonchev–Trinajstić information content (AvgIpc) is 3.54. The second-order valence-corrected chi connectivity index (χ2v) is 10.6. The fraction of sp³-hybridized carbons (Fsp3) is 0.240. The predicted molar refractivity (Wildman–Crippen MR) is 140 cm³/mol. The van der Waals surface area contributed by atoms with Crippen LogP contribution in [-0.2, 0) is 12.4 Å². The zero-order valence-corrected chi connectivity index (χ0v) is 21.9. The third-order valence-corrected chi connectivity index (χ3v) is 8.02. The van der Waals surface area contributed by atoms with Crippen molar-refractivity contribution in [1.82, 2.24) is 9.97 Å². The zero-order chi connectivity index (χ0) is 28.4. The zero-order valence-electron chi connectivity index (χ0n) is 20.3. The molecule has 0 saturated heterocycles. The molecule has 0 saturated carbocycles. The van der Waals surface area contributed by atoms with Crippen LogP contribution in [0.5, 0.6) is 0 Å². The summed E-state index contributed by atoms with van der Waals surface area (Å²) in [6.07, 6.45) is -5.64. The predicted octanol–water partition coefficient (Wildman–Crippen LogP) is 8.86. The van der Waals surface area contributed by atoms with Gasteiger partial charge < -0.3 is 15.8 Å². The molecule has 0 bridgehead atoms. The van der Waals surface area contributed by atoms with Gasteiger partial charge in [0.05, 0.1) is 16.8 Å². The van der Waals surface area contributed by atoms with Crippen molar-refractivity contribution in [1.29, 1.82) is 0 Å². The summed E-state index contributed by atoms with van der Waals surface area (Å²) < 4.78 is 76.7. The number of oxime groups is 1. The maximum Gasteiger partial charge on any atom is 0.416 e. The van der Waals surface area contributed by atoms with E-state index in [4.69, 9.17) is 0 Å². The Morgan fingerprint density at radius 2 is 1.08 bits per heavy atom. The number of hydrogen-bond donors (Lipinski definition) is 3. The van der Waals surface area contributed by atoms with E-state index in [-0.39, 0.29) is 11.8 Å². The molecule has 4 aromatic rings. The summed E-state index contributed by atoms with van der Waals surface area (Å²) in [7, 11) is 0. The van der Waals surface area contributed by atoms with E-state index in [0.717, 1.165) is 34.0 Å². The number of nitrogens with one attached hydrogen (secondary N) is 2. The van der Waals surface area contributed by atoms with E-state index < -0.39 is 23.5 Å². The number of alkyl halides is 6. The van der Waals surface area contributed by atoms with Crippen LogP contribution < -0.4 is 10.6 Å². The summed E-state index contributed by atoms with van der Waals surface area (Å²) >= 11 is 2.54. The minimum absolute atomic E-state index is 0.348. The first-order valence-corrected chi connectivity index (χ1v) is 13.0. The van der Waals surface area contributed by atoms with Gasteiger partial charge in [-0.05, 0) is 48.5 Å². The van der Waals surface area contributed by atoms with Crippen LogP contribution >= 0.6 is 22.7 Å². The molecular weight excluding hydrogens is 564 g/mol. The Morgan fingerprint density at radius 3 is 1.38 bits per heavy atom. The van der Waals surface area contributed by atoms with Crippen molar-refractivity contribution in [3.05, 3.63) is 81.8 Å². The highest BCUT2D eigenvalue weighted by Crippen LogP contribution is 2.37. The lowest BCUT2D eigenvalue weighted by Crippen LogP contribution is -2.15. The maximum atomic E-state index is 12.8. The van der Waals surface area contributed by atoms with Crippen molar-refractivity contribution >= 4 is 50.0 Å². The lowest BCUT2D eigenvalue weighted by Gasteiger charge is -2.16. The van der Waals surface area contributed by atoms with E-state index in [1.165, 1.54) is 46.9 Å². The maximum absolute atomic E-state index is 12.8. The average molecular weight is 586 g/mol. The molecule has 0 aliphatic heterocycles. The Labute approximate surface area is 227 Å². The van der Waals surface area contributed by atoms with E-state index in [2.05, 4.69) is 25.8 Å². The summed E-state index contributed by atoms with van der Waals surface area (Å²) in [5.74, 6) is -0.696. The molecule has 4 rings (SSSR count). The molecule has 2 unspecified atom stereocenters. The number of anilines is 4. The Kier molecular flexibility index (Phi) is 8.16. The molecule has 3 N–H and O–H groups in total. The summed E-state index contributed by atoms with van der Waals surface area (Å²) in [6.45, 7) is 3.67. The molecule has 2 aromatic heterocycles. The first kappa shape index (κ1) is 28.4. The van der Waals surface area contributed by atoms with Gasteiger partial charge in [-0.2, -0.15) is 26.3 Å². The van der Waals surface area contributed by atoms with Crippen LogP contribution in [0.15, 0.2) is 66.1 Å². The molecule has 2 aromatic carbocycles. The highest BCUT2D eigenvalue weighted by molar-refractivity contribution is 7.16. The van der Waals surface area contributed by atoms with Gasteiger partial charge in [-0.25, -0.2) is 9.97 Å². The number of hydrogen-bond acceptors (Lipinski definition) is 8. The number of aromatic nitrogens is 2. The molecule has 39 heavy (non-hydrogen) atoms.